The highest BCUT2D eigenvalue weighted by Crippen LogP contribution is 2.37. The summed E-state index contributed by atoms with van der Waals surface area (Å²) in [5.74, 6) is -1.54. The average Bonchev–Trinajstić information content (AvgIpc) is 3.19. The molecule has 1 aromatic heterocycles. The van der Waals surface area contributed by atoms with Gasteiger partial charge >= 0.3 is 5.97 Å². The van der Waals surface area contributed by atoms with Gasteiger partial charge in [0, 0.05) is 36.2 Å². The number of nitrogens with zero attached hydrogens (tertiary/aromatic N) is 3. The van der Waals surface area contributed by atoms with Crippen LogP contribution in [0.1, 0.15) is 23.2 Å². The number of carbonyl (C=O) groups excluding carboxylic acids is 1. The van der Waals surface area contributed by atoms with Crippen LogP contribution in [0.4, 0.5) is 4.39 Å². The fraction of sp³-hybridized carbons (Fsp3) is 0.304. The lowest BCUT2D eigenvalue weighted by Gasteiger charge is -2.31. The molecule has 2 atom stereocenters. The Labute approximate surface area is 177 Å². The summed E-state index contributed by atoms with van der Waals surface area (Å²) in [4.78, 5) is 26.9. The molecule has 160 valence electrons. The second kappa shape index (κ2) is 7.47. The molecular weight excluding hydrogens is 401 g/mol. The number of aliphatic hydroxyl groups excluding tert-OH is 1. The number of aliphatic hydroxyl groups is 1. The summed E-state index contributed by atoms with van der Waals surface area (Å²) in [5.41, 5.74) is 4.06. The molecule has 5 rings (SSSR count). The second-order valence-electron chi connectivity index (χ2n) is 8.07. The van der Waals surface area contributed by atoms with Crippen molar-refractivity contribution in [2.45, 2.75) is 38.3 Å². The minimum Gasteiger partial charge on any atom is -0.481 e. The molecule has 3 heterocycles. The van der Waals surface area contributed by atoms with E-state index in [9.17, 15) is 19.1 Å². The van der Waals surface area contributed by atoms with E-state index < -0.39 is 18.4 Å². The molecule has 2 aliphatic rings. The molecule has 3 aromatic rings. The Bertz CT molecular complexity index is 1170. The first kappa shape index (κ1) is 19.7. The Morgan fingerprint density at radius 1 is 1.13 bits per heavy atom. The number of carboxylic acid groups (broad SMARTS) is 1. The van der Waals surface area contributed by atoms with Crippen LogP contribution in [-0.2, 0) is 29.1 Å². The van der Waals surface area contributed by atoms with Crippen molar-refractivity contribution in [1.29, 1.82) is 0 Å². The molecule has 0 aliphatic carbocycles. The summed E-state index contributed by atoms with van der Waals surface area (Å²) in [6.45, 7) is 0.886. The summed E-state index contributed by atoms with van der Waals surface area (Å²) >= 11 is 0. The second-order valence-corrected chi connectivity index (χ2v) is 8.07. The van der Waals surface area contributed by atoms with Crippen molar-refractivity contribution in [3.05, 3.63) is 71.2 Å². The topological polar surface area (TPSA) is 86.0 Å². The van der Waals surface area contributed by atoms with Crippen LogP contribution < -0.4 is 0 Å². The van der Waals surface area contributed by atoms with Gasteiger partial charge in [0.25, 0.3) is 0 Å². The fourth-order valence-corrected chi connectivity index (χ4v) is 4.78. The average molecular weight is 423 g/mol. The predicted octanol–water partition coefficient (Wildman–Crippen LogP) is 2.15. The molecule has 0 saturated carbocycles. The van der Waals surface area contributed by atoms with Crippen LogP contribution in [-0.4, -0.2) is 55.4 Å². The molecule has 1 saturated heterocycles. The number of aromatic nitrogens is 1. The quantitative estimate of drug-likeness (QED) is 0.657. The molecular formula is C23H22FN3O4. The van der Waals surface area contributed by atoms with Gasteiger partial charge in [0.2, 0.25) is 5.91 Å². The van der Waals surface area contributed by atoms with E-state index in [0.29, 0.717) is 19.5 Å². The van der Waals surface area contributed by atoms with Crippen molar-refractivity contribution < 1.29 is 24.2 Å². The molecule has 0 bridgehead atoms. The van der Waals surface area contributed by atoms with E-state index in [0.717, 1.165) is 27.7 Å². The summed E-state index contributed by atoms with van der Waals surface area (Å²) in [7, 11) is 0. The van der Waals surface area contributed by atoms with E-state index in [-0.39, 0.29) is 24.7 Å². The lowest BCUT2D eigenvalue weighted by molar-refractivity contribution is -0.141. The van der Waals surface area contributed by atoms with Crippen LogP contribution in [0.2, 0.25) is 0 Å². The number of benzene rings is 2. The molecule has 1 fully saturated rings. The molecule has 2 N–H and O–H groups in total. The number of hydrogen-bond acceptors (Lipinski definition) is 4. The molecule has 8 heteroatoms. The lowest BCUT2D eigenvalue weighted by Crippen LogP contribution is -2.43. The third kappa shape index (κ3) is 3.28. The Kier molecular flexibility index (Phi) is 4.75. The van der Waals surface area contributed by atoms with E-state index in [1.54, 1.807) is 17.0 Å². The summed E-state index contributed by atoms with van der Waals surface area (Å²) in [6, 6.07) is 13.9. The maximum atomic E-state index is 13.4. The third-order valence-corrected chi connectivity index (χ3v) is 6.29. The number of amides is 1. The van der Waals surface area contributed by atoms with Gasteiger partial charge in [0.15, 0.2) is 6.35 Å². The zero-order valence-corrected chi connectivity index (χ0v) is 16.7. The highest BCUT2D eigenvalue weighted by atomic mass is 19.1. The lowest BCUT2D eigenvalue weighted by atomic mass is 9.97. The van der Waals surface area contributed by atoms with Crippen molar-refractivity contribution in [3.63, 3.8) is 0 Å². The number of halogens is 1. The van der Waals surface area contributed by atoms with Gasteiger partial charge in [-0.25, -0.2) is 9.29 Å². The number of aliphatic carboxylic acids is 1. The number of carboxylic acids is 1. The largest absolute Gasteiger partial charge is 0.481 e. The van der Waals surface area contributed by atoms with Crippen LogP contribution in [0.15, 0.2) is 48.5 Å². The van der Waals surface area contributed by atoms with Crippen LogP contribution in [0.5, 0.6) is 0 Å². The monoisotopic (exact) mass is 423 g/mol. The number of rotatable bonds is 5. The molecule has 1 amide bonds. The summed E-state index contributed by atoms with van der Waals surface area (Å²) in [5, 5.41) is 20.8. The van der Waals surface area contributed by atoms with Crippen molar-refractivity contribution in [2.75, 3.05) is 6.54 Å². The highest BCUT2D eigenvalue weighted by Gasteiger charge is 2.48. The summed E-state index contributed by atoms with van der Waals surface area (Å²) < 4.78 is 15.5. The van der Waals surface area contributed by atoms with Gasteiger partial charge in [0.05, 0.1) is 12.5 Å². The molecule has 2 unspecified atom stereocenters. The van der Waals surface area contributed by atoms with E-state index in [1.807, 2.05) is 24.3 Å². The van der Waals surface area contributed by atoms with E-state index >= 15 is 0 Å². The highest BCUT2D eigenvalue weighted by molar-refractivity contribution is 5.90. The van der Waals surface area contributed by atoms with Gasteiger partial charge in [-0.05, 0) is 35.7 Å². The Morgan fingerprint density at radius 2 is 1.87 bits per heavy atom. The molecule has 2 aromatic carbocycles. The number of fused-ring (bicyclic) bond motifs is 4. The van der Waals surface area contributed by atoms with Gasteiger partial charge in [0.1, 0.15) is 5.82 Å². The smallest absolute Gasteiger partial charge is 0.305 e. The third-order valence-electron chi connectivity index (χ3n) is 6.29. The van der Waals surface area contributed by atoms with Crippen molar-refractivity contribution >= 4 is 22.8 Å². The van der Waals surface area contributed by atoms with E-state index in [4.69, 9.17) is 5.11 Å². The van der Waals surface area contributed by atoms with Gasteiger partial charge < -0.3 is 19.7 Å². The summed E-state index contributed by atoms with van der Waals surface area (Å²) in [6.07, 6.45) is -0.913. The SMILES string of the molecule is O=C(O)CCN1C(=O)C2Cc3c(n(Cc4ccc(F)cc4)c4ccccc34)CN2C1O. The minimum absolute atomic E-state index is 0.0249. The molecule has 0 radical (unpaired) electrons. The van der Waals surface area contributed by atoms with Crippen molar-refractivity contribution in [2.24, 2.45) is 0 Å². The first-order valence-electron chi connectivity index (χ1n) is 10.2. The van der Waals surface area contributed by atoms with Crippen LogP contribution >= 0.6 is 0 Å². The van der Waals surface area contributed by atoms with Gasteiger partial charge in [-0.15, -0.1) is 0 Å². The van der Waals surface area contributed by atoms with Gasteiger partial charge in [-0.3, -0.25) is 9.59 Å². The Balaban J connectivity index is 1.53. The van der Waals surface area contributed by atoms with Crippen molar-refractivity contribution in [1.82, 2.24) is 14.4 Å². The van der Waals surface area contributed by atoms with Crippen LogP contribution in [0.3, 0.4) is 0 Å². The zero-order chi connectivity index (χ0) is 21.7. The van der Waals surface area contributed by atoms with Crippen molar-refractivity contribution in [3.8, 4) is 0 Å². The number of para-hydroxylation sites is 1. The van der Waals surface area contributed by atoms with Gasteiger partial charge in [-0.1, -0.05) is 30.3 Å². The molecule has 0 spiro atoms. The van der Waals surface area contributed by atoms with Gasteiger partial charge in [-0.2, -0.15) is 0 Å². The normalized spacial score (nSPS) is 20.8. The molecule has 2 aliphatic heterocycles. The Hall–Kier alpha value is -3.23. The fourth-order valence-electron chi connectivity index (χ4n) is 4.78. The first-order valence-corrected chi connectivity index (χ1v) is 10.2. The number of carbonyl (C=O) groups is 2. The predicted molar refractivity (Wildman–Crippen MR) is 110 cm³/mol. The van der Waals surface area contributed by atoms with E-state index in [2.05, 4.69) is 4.57 Å². The number of hydrogen-bond donors (Lipinski definition) is 2. The standard InChI is InChI=1S/C23H22FN3O4/c24-15-7-5-14(6-8-15)12-26-18-4-2-1-3-16(18)17-11-19-22(30)25(10-9-21(28)29)23(31)27(19)13-20(17)26/h1-8,19,23,31H,9-13H2,(H,28,29). The molecule has 7 nitrogen and oxygen atoms in total. The molecule has 31 heavy (non-hydrogen) atoms. The first-order chi connectivity index (χ1) is 14.9. The maximum Gasteiger partial charge on any atom is 0.305 e. The maximum absolute atomic E-state index is 13.4. The Morgan fingerprint density at radius 3 is 2.61 bits per heavy atom. The van der Waals surface area contributed by atoms with Crippen LogP contribution in [0.25, 0.3) is 10.9 Å². The minimum atomic E-state index is -1.15. The van der Waals surface area contributed by atoms with Crippen LogP contribution in [0, 0.1) is 5.82 Å². The van der Waals surface area contributed by atoms with E-state index in [1.165, 1.54) is 17.0 Å². The zero-order valence-electron chi connectivity index (χ0n) is 16.7.